The van der Waals surface area contributed by atoms with E-state index in [4.69, 9.17) is 15.2 Å². The van der Waals surface area contributed by atoms with Crippen LogP contribution in [0.5, 0.6) is 11.6 Å². The van der Waals surface area contributed by atoms with Crippen LogP contribution in [0.15, 0.2) is 23.6 Å². The second kappa shape index (κ2) is 6.17. The van der Waals surface area contributed by atoms with E-state index in [0.29, 0.717) is 11.5 Å². The van der Waals surface area contributed by atoms with Gasteiger partial charge in [-0.2, -0.15) is 5.26 Å². The number of hydrogen-bond acceptors (Lipinski definition) is 5. The van der Waals surface area contributed by atoms with Gasteiger partial charge in [0.25, 0.3) is 0 Å². The zero-order valence-electron chi connectivity index (χ0n) is 15.1. The van der Waals surface area contributed by atoms with Crippen molar-refractivity contribution >= 4 is 0 Å². The number of nitrogens with two attached hydrogens (primary N) is 1. The Hall–Kier alpha value is -2.94. The maximum absolute atomic E-state index is 9.69. The van der Waals surface area contributed by atoms with Gasteiger partial charge in [0.1, 0.15) is 17.4 Å². The Labute approximate surface area is 147 Å². The van der Waals surface area contributed by atoms with Crippen LogP contribution in [0, 0.1) is 25.2 Å². The molecule has 25 heavy (non-hydrogen) atoms. The van der Waals surface area contributed by atoms with Crippen LogP contribution < -0.4 is 15.2 Å². The molecule has 0 saturated heterocycles. The SMILES string of the molecule is COc1cc(C)c(C2C(C#N)=C(N)Oc3n[nH]c(C)c32)cc1C(C)C. The molecular weight excluding hydrogens is 316 g/mol. The molecule has 3 rings (SSSR count). The Bertz CT molecular complexity index is 903. The second-order valence-corrected chi connectivity index (χ2v) is 6.60. The van der Waals surface area contributed by atoms with E-state index in [1.807, 2.05) is 19.9 Å². The molecule has 1 atom stereocenters. The second-order valence-electron chi connectivity index (χ2n) is 6.60. The number of rotatable bonds is 3. The van der Waals surface area contributed by atoms with Crippen LogP contribution in [-0.4, -0.2) is 17.3 Å². The molecule has 1 aliphatic rings. The Balaban J connectivity index is 2.29. The van der Waals surface area contributed by atoms with Gasteiger partial charge in [-0.15, -0.1) is 5.10 Å². The van der Waals surface area contributed by atoms with Gasteiger partial charge in [0.15, 0.2) is 0 Å². The third kappa shape index (κ3) is 2.62. The van der Waals surface area contributed by atoms with Crippen LogP contribution in [-0.2, 0) is 0 Å². The highest BCUT2D eigenvalue weighted by Gasteiger charge is 2.35. The number of aromatic amines is 1. The van der Waals surface area contributed by atoms with Crippen molar-refractivity contribution in [3.63, 3.8) is 0 Å². The first-order valence-corrected chi connectivity index (χ1v) is 8.19. The van der Waals surface area contributed by atoms with Gasteiger partial charge in [0.2, 0.25) is 11.8 Å². The quantitative estimate of drug-likeness (QED) is 0.894. The number of methoxy groups -OCH3 is 1. The van der Waals surface area contributed by atoms with Gasteiger partial charge in [-0.05, 0) is 42.5 Å². The van der Waals surface area contributed by atoms with Crippen molar-refractivity contribution in [1.29, 1.82) is 5.26 Å². The molecule has 6 heteroatoms. The fourth-order valence-electron chi connectivity index (χ4n) is 3.36. The van der Waals surface area contributed by atoms with Crippen molar-refractivity contribution in [2.45, 2.75) is 39.5 Å². The van der Waals surface area contributed by atoms with Crippen LogP contribution in [0.4, 0.5) is 0 Å². The lowest BCUT2D eigenvalue weighted by Gasteiger charge is -2.26. The molecule has 130 valence electrons. The minimum absolute atomic E-state index is 0.104. The van der Waals surface area contributed by atoms with Crippen molar-refractivity contribution in [2.75, 3.05) is 7.11 Å². The van der Waals surface area contributed by atoms with E-state index >= 15 is 0 Å². The summed E-state index contributed by atoms with van der Waals surface area (Å²) < 4.78 is 11.1. The molecule has 0 spiro atoms. The van der Waals surface area contributed by atoms with Crippen LogP contribution in [0.2, 0.25) is 0 Å². The summed E-state index contributed by atoms with van der Waals surface area (Å²) >= 11 is 0. The molecule has 1 aromatic heterocycles. The van der Waals surface area contributed by atoms with Gasteiger partial charge >= 0.3 is 0 Å². The highest BCUT2D eigenvalue weighted by molar-refractivity contribution is 5.58. The molecule has 1 unspecified atom stereocenters. The number of fused-ring (bicyclic) bond motifs is 1. The molecule has 3 N–H and O–H groups in total. The Morgan fingerprint density at radius 3 is 2.68 bits per heavy atom. The molecule has 0 amide bonds. The molecule has 0 fully saturated rings. The molecule has 0 saturated carbocycles. The lowest BCUT2D eigenvalue weighted by molar-refractivity contribution is 0.378. The van der Waals surface area contributed by atoms with Crippen molar-refractivity contribution in [1.82, 2.24) is 10.2 Å². The molecule has 2 aromatic rings. The number of aromatic nitrogens is 2. The predicted octanol–water partition coefficient (Wildman–Crippen LogP) is 3.38. The van der Waals surface area contributed by atoms with E-state index in [1.165, 1.54) is 0 Å². The number of nitrogens with one attached hydrogen (secondary N) is 1. The van der Waals surface area contributed by atoms with Crippen molar-refractivity contribution in [3.8, 4) is 17.7 Å². The largest absolute Gasteiger partial charge is 0.496 e. The van der Waals surface area contributed by atoms with Gasteiger partial charge in [-0.3, -0.25) is 5.10 Å². The average molecular weight is 338 g/mol. The van der Waals surface area contributed by atoms with Gasteiger partial charge < -0.3 is 15.2 Å². The van der Waals surface area contributed by atoms with Crippen molar-refractivity contribution in [3.05, 3.63) is 51.5 Å². The summed E-state index contributed by atoms with van der Waals surface area (Å²) in [6, 6.07) is 6.34. The molecule has 2 heterocycles. The molecule has 1 aromatic carbocycles. The number of nitriles is 1. The van der Waals surface area contributed by atoms with Crippen LogP contribution >= 0.6 is 0 Å². The monoisotopic (exact) mass is 338 g/mol. The van der Waals surface area contributed by atoms with E-state index in [0.717, 1.165) is 33.7 Å². The van der Waals surface area contributed by atoms with Crippen LogP contribution in [0.25, 0.3) is 0 Å². The number of H-pyrrole nitrogens is 1. The normalized spacial score (nSPS) is 16.4. The van der Waals surface area contributed by atoms with E-state index in [2.05, 4.69) is 36.2 Å². The number of allylic oxidation sites excluding steroid dienone is 1. The first kappa shape index (κ1) is 16.9. The summed E-state index contributed by atoms with van der Waals surface area (Å²) in [5, 5.41) is 16.8. The maximum atomic E-state index is 9.69. The summed E-state index contributed by atoms with van der Waals surface area (Å²) in [4.78, 5) is 0. The number of aryl methyl sites for hydroxylation is 2. The van der Waals surface area contributed by atoms with E-state index in [9.17, 15) is 5.26 Å². The zero-order chi connectivity index (χ0) is 18.3. The summed E-state index contributed by atoms with van der Waals surface area (Å²) in [7, 11) is 1.67. The van der Waals surface area contributed by atoms with E-state index in [1.54, 1.807) is 7.11 Å². The van der Waals surface area contributed by atoms with Crippen LogP contribution in [0.3, 0.4) is 0 Å². The van der Waals surface area contributed by atoms with Gasteiger partial charge in [-0.1, -0.05) is 19.9 Å². The molecule has 0 bridgehead atoms. The zero-order valence-corrected chi connectivity index (χ0v) is 15.1. The summed E-state index contributed by atoms with van der Waals surface area (Å²) in [6.07, 6.45) is 0. The molecule has 1 aliphatic heterocycles. The standard InChI is InChI=1S/C19H22N4O2/c1-9(2)12-7-13(10(3)6-15(12)24-5)17-14(8-20)18(21)25-19-16(17)11(4)22-23-19/h6-7,9,17H,21H2,1-5H3,(H,22,23). The first-order valence-electron chi connectivity index (χ1n) is 8.19. The Morgan fingerprint density at radius 1 is 1.36 bits per heavy atom. The molecule has 0 radical (unpaired) electrons. The van der Waals surface area contributed by atoms with E-state index < -0.39 is 0 Å². The molecule has 6 nitrogen and oxygen atoms in total. The Kier molecular flexibility index (Phi) is 4.17. The summed E-state index contributed by atoms with van der Waals surface area (Å²) in [5.41, 5.74) is 11.3. The van der Waals surface area contributed by atoms with Crippen molar-refractivity contribution in [2.24, 2.45) is 5.73 Å². The molecular formula is C19H22N4O2. The number of benzene rings is 1. The topological polar surface area (TPSA) is 96.9 Å². The summed E-state index contributed by atoms with van der Waals surface area (Å²) in [5.74, 6) is 1.36. The third-order valence-electron chi connectivity index (χ3n) is 4.68. The van der Waals surface area contributed by atoms with Gasteiger partial charge in [0.05, 0.1) is 13.0 Å². The minimum atomic E-state index is -0.309. The van der Waals surface area contributed by atoms with Gasteiger partial charge in [-0.25, -0.2) is 0 Å². The van der Waals surface area contributed by atoms with E-state index in [-0.39, 0.29) is 17.7 Å². The lowest BCUT2D eigenvalue weighted by atomic mass is 9.80. The Morgan fingerprint density at radius 2 is 2.08 bits per heavy atom. The highest BCUT2D eigenvalue weighted by Crippen LogP contribution is 2.45. The smallest absolute Gasteiger partial charge is 0.244 e. The lowest BCUT2D eigenvalue weighted by Crippen LogP contribution is -2.21. The third-order valence-corrected chi connectivity index (χ3v) is 4.68. The summed E-state index contributed by atoms with van der Waals surface area (Å²) in [6.45, 7) is 8.16. The first-order chi connectivity index (χ1) is 11.9. The number of nitrogens with zero attached hydrogens (tertiary/aromatic N) is 2. The fraction of sp³-hybridized carbons (Fsp3) is 0.368. The number of hydrogen-bond donors (Lipinski definition) is 2. The highest BCUT2D eigenvalue weighted by atomic mass is 16.5. The van der Waals surface area contributed by atoms with Gasteiger partial charge in [0, 0.05) is 11.3 Å². The number of ether oxygens (including phenoxy) is 2. The van der Waals surface area contributed by atoms with Crippen LogP contribution in [0.1, 0.15) is 53.6 Å². The fourth-order valence-corrected chi connectivity index (χ4v) is 3.36. The predicted molar refractivity (Wildman–Crippen MR) is 94.4 cm³/mol. The van der Waals surface area contributed by atoms with Crippen molar-refractivity contribution < 1.29 is 9.47 Å². The minimum Gasteiger partial charge on any atom is -0.496 e. The maximum Gasteiger partial charge on any atom is 0.244 e. The molecule has 0 aliphatic carbocycles. The average Bonchev–Trinajstić information content (AvgIpc) is 2.93.